The molecule has 0 radical (unpaired) electrons. The molecule has 19 heavy (non-hydrogen) atoms. The third-order valence-electron chi connectivity index (χ3n) is 3.63. The molecule has 6 heteroatoms. The lowest BCUT2D eigenvalue weighted by atomic mass is 10.2. The molecule has 1 fully saturated rings. The number of nitrogens with zero attached hydrogens (tertiary/aromatic N) is 1. The quantitative estimate of drug-likeness (QED) is 0.845. The van der Waals surface area contributed by atoms with E-state index >= 15 is 0 Å². The summed E-state index contributed by atoms with van der Waals surface area (Å²) in [6.45, 7) is 4.43. The van der Waals surface area contributed by atoms with Crippen LogP contribution in [0.5, 0.6) is 0 Å². The van der Waals surface area contributed by atoms with Crippen molar-refractivity contribution in [3.05, 3.63) is 23.7 Å². The first kappa shape index (κ1) is 14.6. The van der Waals surface area contributed by atoms with Gasteiger partial charge in [-0.25, -0.2) is 8.42 Å². The van der Waals surface area contributed by atoms with Crippen molar-refractivity contribution in [3.8, 4) is 0 Å². The van der Waals surface area contributed by atoms with Crippen LogP contribution in [0, 0.1) is 0 Å². The zero-order valence-electron chi connectivity index (χ0n) is 11.6. The SMILES string of the molecule is CCNCc1ccoc1CN(C)C1CCS(=O)(=O)C1. The van der Waals surface area contributed by atoms with Gasteiger partial charge in [-0.05, 0) is 26.1 Å². The van der Waals surface area contributed by atoms with Gasteiger partial charge < -0.3 is 9.73 Å². The minimum absolute atomic E-state index is 0.113. The Balaban J connectivity index is 1.95. The predicted molar refractivity (Wildman–Crippen MR) is 74.6 cm³/mol. The lowest BCUT2D eigenvalue weighted by Gasteiger charge is -2.22. The minimum Gasteiger partial charge on any atom is -0.468 e. The van der Waals surface area contributed by atoms with Crippen LogP contribution in [0.2, 0.25) is 0 Å². The van der Waals surface area contributed by atoms with E-state index in [1.807, 2.05) is 13.1 Å². The van der Waals surface area contributed by atoms with E-state index < -0.39 is 9.84 Å². The smallest absolute Gasteiger partial charge is 0.151 e. The van der Waals surface area contributed by atoms with Crippen LogP contribution in [0.15, 0.2) is 16.7 Å². The predicted octanol–water partition coefficient (Wildman–Crippen LogP) is 1.01. The summed E-state index contributed by atoms with van der Waals surface area (Å²) in [6, 6.07) is 2.08. The molecule has 1 atom stereocenters. The van der Waals surface area contributed by atoms with E-state index in [0.29, 0.717) is 12.3 Å². The van der Waals surface area contributed by atoms with Crippen molar-refractivity contribution in [1.29, 1.82) is 0 Å². The molecular weight excluding hydrogens is 264 g/mol. The molecule has 1 saturated heterocycles. The average molecular weight is 286 g/mol. The highest BCUT2D eigenvalue weighted by molar-refractivity contribution is 7.91. The maximum Gasteiger partial charge on any atom is 0.151 e. The summed E-state index contributed by atoms with van der Waals surface area (Å²) in [5, 5.41) is 3.27. The van der Waals surface area contributed by atoms with Gasteiger partial charge in [0.05, 0.1) is 24.3 Å². The second-order valence-electron chi connectivity index (χ2n) is 5.12. The van der Waals surface area contributed by atoms with Gasteiger partial charge in [-0.15, -0.1) is 0 Å². The van der Waals surface area contributed by atoms with Gasteiger partial charge in [0.15, 0.2) is 9.84 Å². The first-order valence-electron chi connectivity index (χ1n) is 6.68. The molecular formula is C13H22N2O3S. The fourth-order valence-electron chi connectivity index (χ4n) is 2.40. The molecule has 1 aromatic heterocycles. The van der Waals surface area contributed by atoms with Crippen LogP contribution < -0.4 is 5.32 Å². The summed E-state index contributed by atoms with van der Waals surface area (Å²) in [5.74, 6) is 1.50. The molecule has 2 heterocycles. The summed E-state index contributed by atoms with van der Waals surface area (Å²) >= 11 is 0. The second kappa shape index (κ2) is 6.07. The van der Waals surface area contributed by atoms with Crippen molar-refractivity contribution in [3.63, 3.8) is 0 Å². The van der Waals surface area contributed by atoms with Crippen LogP contribution >= 0.6 is 0 Å². The summed E-state index contributed by atoms with van der Waals surface area (Å²) in [6.07, 6.45) is 2.42. The molecule has 0 aliphatic carbocycles. The Morgan fingerprint density at radius 2 is 2.32 bits per heavy atom. The van der Waals surface area contributed by atoms with Gasteiger partial charge >= 0.3 is 0 Å². The topological polar surface area (TPSA) is 62.6 Å². The summed E-state index contributed by atoms with van der Waals surface area (Å²) < 4.78 is 28.5. The molecule has 2 rings (SSSR count). The van der Waals surface area contributed by atoms with Gasteiger partial charge in [0.25, 0.3) is 0 Å². The normalized spacial score (nSPS) is 22.2. The second-order valence-corrected chi connectivity index (χ2v) is 7.35. The highest BCUT2D eigenvalue weighted by Crippen LogP contribution is 2.20. The molecule has 0 saturated carbocycles. The van der Waals surface area contributed by atoms with Crippen molar-refractivity contribution < 1.29 is 12.8 Å². The molecule has 1 unspecified atom stereocenters. The summed E-state index contributed by atoms with van der Waals surface area (Å²) in [4.78, 5) is 2.08. The van der Waals surface area contributed by atoms with E-state index in [9.17, 15) is 8.42 Å². The monoisotopic (exact) mass is 286 g/mol. The fraction of sp³-hybridized carbons (Fsp3) is 0.692. The van der Waals surface area contributed by atoms with E-state index in [1.54, 1.807) is 6.26 Å². The van der Waals surface area contributed by atoms with Gasteiger partial charge in [0.1, 0.15) is 5.76 Å². The minimum atomic E-state index is -2.83. The Morgan fingerprint density at radius 3 is 2.95 bits per heavy atom. The summed E-state index contributed by atoms with van der Waals surface area (Å²) in [5.41, 5.74) is 1.15. The number of nitrogens with one attached hydrogen (secondary N) is 1. The van der Waals surface area contributed by atoms with Crippen molar-refractivity contribution >= 4 is 9.84 Å². The summed E-state index contributed by atoms with van der Waals surface area (Å²) in [7, 11) is -0.865. The number of sulfone groups is 1. The van der Waals surface area contributed by atoms with Crippen LogP contribution in [0.4, 0.5) is 0 Å². The Hall–Kier alpha value is -0.850. The zero-order chi connectivity index (χ0) is 13.9. The molecule has 1 aliphatic heterocycles. The zero-order valence-corrected chi connectivity index (χ0v) is 12.4. The maximum atomic E-state index is 11.5. The van der Waals surface area contributed by atoms with Crippen LogP contribution in [0.1, 0.15) is 24.7 Å². The highest BCUT2D eigenvalue weighted by atomic mass is 32.2. The van der Waals surface area contributed by atoms with E-state index in [2.05, 4.69) is 17.1 Å². The molecule has 108 valence electrons. The fourth-order valence-corrected chi connectivity index (χ4v) is 4.21. The molecule has 0 amide bonds. The molecule has 1 aromatic rings. The van der Waals surface area contributed by atoms with E-state index in [4.69, 9.17) is 4.42 Å². The van der Waals surface area contributed by atoms with Gasteiger partial charge in [0, 0.05) is 18.2 Å². The van der Waals surface area contributed by atoms with E-state index in [0.717, 1.165) is 30.8 Å². The van der Waals surface area contributed by atoms with Gasteiger partial charge in [0.2, 0.25) is 0 Å². The third kappa shape index (κ3) is 3.81. The molecule has 0 bridgehead atoms. The standard InChI is InChI=1S/C13H22N2O3S/c1-3-14-8-11-4-6-18-13(11)9-15(2)12-5-7-19(16,17)10-12/h4,6,12,14H,3,5,7-10H2,1-2H3. The Bertz CT molecular complexity index is 510. The Labute approximate surface area is 114 Å². The number of hydrogen-bond donors (Lipinski definition) is 1. The van der Waals surface area contributed by atoms with Gasteiger partial charge in [-0.1, -0.05) is 6.92 Å². The van der Waals surface area contributed by atoms with E-state index in [1.165, 1.54) is 0 Å². The molecule has 0 spiro atoms. The number of hydrogen-bond acceptors (Lipinski definition) is 5. The highest BCUT2D eigenvalue weighted by Gasteiger charge is 2.31. The van der Waals surface area contributed by atoms with Crippen molar-refractivity contribution in [2.24, 2.45) is 0 Å². The van der Waals surface area contributed by atoms with Crippen LogP contribution in [-0.2, 0) is 22.9 Å². The number of rotatable bonds is 6. The molecule has 5 nitrogen and oxygen atoms in total. The van der Waals surface area contributed by atoms with Crippen LogP contribution in [-0.4, -0.2) is 44.5 Å². The first-order chi connectivity index (χ1) is 9.02. The molecule has 0 aromatic carbocycles. The molecule has 1 N–H and O–H groups in total. The largest absolute Gasteiger partial charge is 0.468 e. The van der Waals surface area contributed by atoms with Crippen LogP contribution in [0.25, 0.3) is 0 Å². The third-order valence-corrected chi connectivity index (χ3v) is 5.38. The number of furan rings is 1. The lowest BCUT2D eigenvalue weighted by Crippen LogP contribution is -2.32. The first-order valence-corrected chi connectivity index (χ1v) is 8.50. The Morgan fingerprint density at radius 1 is 1.53 bits per heavy atom. The van der Waals surface area contributed by atoms with Gasteiger partial charge in [-0.3, -0.25) is 4.90 Å². The molecule has 1 aliphatic rings. The van der Waals surface area contributed by atoms with Crippen LogP contribution in [0.3, 0.4) is 0 Å². The lowest BCUT2D eigenvalue weighted by molar-refractivity contribution is 0.232. The Kier molecular flexibility index (Phi) is 4.65. The van der Waals surface area contributed by atoms with Crippen molar-refractivity contribution in [2.45, 2.75) is 32.5 Å². The van der Waals surface area contributed by atoms with Crippen molar-refractivity contribution in [1.82, 2.24) is 10.2 Å². The van der Waals surface area contributed by atoms with Crippen molar-refractivity contribution in [2.75, 3.05) is 25.1 Å². The van der Waals surface area contributed by atoms with Gasteiger partial charge in [-0.2, -0.15) is 0 Å². The maximum absolute atomic E-state index is 11.5. The van der Waals surface area contributed by atoms with E-state index in [-0.39, 0.29) is 11.8 Å². The average Bonchev–Trinajstić information content (AvgIpc) is 2.93.